The first-order valence-electron chi connectivity index (χ1n) is 9.25. The number of ether oxygens (including phenoxy) is 3. The first kappa shape index (κ1) is 21.6. The molecule has 28 heavy (non-hydrogen) atoms. The number of nitrogens with zero attached hydrogens (tertiary/aromatic N) is 1. The van der Waals surface area contributed by atoms with Crippen LogP contribution < -0.4 is 14.2 Å². The summed E-state index contributed by atoms with van der Waals surface area (Å²) in [5.41, 5.74) is 1.58. The van der Waals surface area contributed by atoms with E-state index in [2.05, 4.69) is 4.90 Å². The van der Waals surface area contributed by atoms with Crippen molar-refractivity contribution in [2.75, 3.05) is 41.5 Å². The molecule has 0 aromatic heterocycles. The van der Waals surface area contributed by atoms with Crippen molar-refractivity contribution in [3.8, 4) is 17.2 Å². The number of carbonyl (C=O) groups is 1. The van der Waals surface area contributed by atoms with Crippen LogP contribution in [0.25, 0.3) is 0 Å². The summed E-state index contributed by atoms with van der Waals surface area (Å²) in [7, 11) is 7.15. The SMILES string of the molecule is COc1ccc(C(Cc2cccc(OCCCN(C)C)c2)C(=O)O)cc1OC. The molecule has 0 saturated heterocycles. The van der Waals surface area contributed by atoms with Gasteiger partial charge >= 0.3 is 5.97 Å². The fourth-order valence-corrected chi connectivity index (χ4v) is 2.99. The average molecular weight is 387 g/mol. The Morgan fingerprint density at radius 3 is 2.46 bits per heavy atom. The second-order valence-electron chi connectivity index (χ2n) is 6.86. The van der Waals surface area contributed by atoms with E-state index in [9.17, 15) is 9.90 Å². The van der Waals surface area contributed by atoms with Gasteiger partial charge in [0.05, 0.1) is 26.7 Å². The van der Waals surface area contributed by atoms with Crippen molar-refractivity contribution in [1.82, 2.24) is 4.90 Å². The summed E-state index contributed by atoms with van der Waals surface area (Å²) in [5.74, 6) is 0.272. The Balaban J connectivity index is 2.12. The molecule has 0 spiro atoms. The van der Waals surface area contributed by atoms with E-state index in [1.807, 2.05) is 38.4 Å². The number of benzene rings is 2. The smallest absolute Gasteiger partial charge is 0.311 e. The van der Waals surface area contributed by atoms with Crippen LogP contribution in [0.5, 0.6) is 17.2 Å². The van der Waals surface area contributed by atoms with Crippen LogP contribution in [0.15, 0.2) is 42.5 Å². The molecule has 0 amide bonds. The molecule has 0 saturated carbocycles. The highest BCUT2D eigenvalue weighted by Gasteiger charge is 2.22. The van der Waals surface area contributed by atoms with Gasteiger partial charge in [0.15, 0.2) is 11.5 Å². The Morgan fingerprint density at radius 1 is 1.07 bits per heavy atom. The average Bonchev–Trinajstić information content (AvgIpc) is 2.69. The summed E-state index contributed by atoms with van der Waals surface area (Å²) in [6.45, 7) is 1.58. The lowest BCUT2D eigenvalue weighted by Crippen LogP contribution is -2.16. The first-order valence-corrected chi connectivity index (χ1v) is 9.25. The van der Waals surface area contributed by atoms with E-state index < -0.39 is 11.9 Å². The van der Waals surface area contributed by atoms with Gasteiger partial charge in [0.1, 0.15) is 5.75 Å². The largest absolute Gasteiger partial charge is 0.494 e. The fraction of sp³-hybridized carbons (Fsp3) is 0.409. The van der Waals surface area contributed by atoms with E-state index in [0.717, 1.165) is 24.3 Å². The van der Waals surface area contributed by atoms with Crippen LogP contribution in [0.2, 0.25) is 0 Å². The zero-order chi connectivity index (χ0) is 20.5. The molecule has 0 aliphatic carbocycles. The molecule has 2 aromatic carbocycles. The minimum absolute atomic E-state index is 0.361. The zero-order valence-corrected chi connectivity index (χ0v) is 17.0. The van der Waals surface area contributed by atoms with Gasteiger partial charge in [-0.3, -0.25) is 4.79 Å². The highest BCUT2D eigenvalue weighted by molar-refractivity contribution is 5.77. The molecule has 152 valence electrons. The summed E-state index contributed by atoms with van der Waals surface area (Å²) in [6.07, 6.45) is 1.29. The van der Waals surface area contributed by atoms with E-state index >= 15 is 0 Å². The van der Waals surface area contributed by atoms with Gasteiger partial charge in [-0.15, -0.1) is 0 Å². The lowest BCUT2D eigenvalue weighted by atomic mass is 9.91. The molecule has 0 bridgehead atoms. The number of carboxylic acids is 1. The summed E-state index contributed by atoms with van der Waals surface area (Å²) >= 11 is 0. The number of hydrogen-bond donors (Lipinski definition) is 1. The van der Waals surface area contributed by atoms with Gasteiger partial charge in [0.2, 0.25) is 0 Å². The molecule has 1 atom stereocenters. The third-order valence-electron chi connectivity index (χ3n) is 4.46. The molecule has 1 N–H and O–H groups in total. The number of carboxylic acid groups (broad SMARTS) is 1. The van der Waals surface area contributed by atoms with Crippen LogP contribution in [-0.4, -0.2) is 57.4 Å². The third kappa shape index (κ3) is 6.16. The zero-order valence-electron chi connectivity index (χ0n) is 17.0. The normalized spacial score (nSPS) is 11.9. The van der Waals surface area contributed by atoms with Gasteiger partial charge in [-0.2, -0.15) is 0 Å². The van der Waals surface area contributed by atoms with Crippen LogP contribution in [0.4, 0.5) is 0 Å². The van der Waals surface area contributed by atoms with Gasteiger partial charge in [-0.1, -0.05) is 18.2 Å². The minimum Gasteiger partial charge on any atom is -0.494 e. The predicted octanol–water partition coefficient (Wildman–Crippen LogP) is 3.45. The van der Waals surface area contributed by atoms with Gasteiger partial charge in [-0.25, -0.2) is 0 Å². The van der Waals surface area contributed by atoms with E-state index in [-0.39, 0.29) is 0 Å². The van der Waals surface area contributed by atoms with Crippen LogP contribution in [0.3, 0.4) is 0 Å². The van der Waals surface area contributed by atoms with Crippen molar-refractivity contribution < 1.29 is 24.1 Å². The van der Waals surface area contributed by atoms with Crippen LogP contribution in [-0.2, 0) is 11.2 Å². The maximum Gasteiger partial charge on any atom is 0.311 e. The molecule has 6 nitrogen and oxygen atoms in total. The van der Waals surface area contributed by atoms with E-state index in [4.69, 9.17) is 14.2 Å². The van der Waals surface area contributed by atoms with Gasteiger partial charge in [0, 0.05) is 6.54 Å². The highest BCUT2D eigenvalue weighted by atomic mass is 16.5. The van der Waals surface area contributed by atoms with Crippen LogP contribution >= 0.6 is 0 Å². The van der Waals surface area contributed by atoms with Gasteiger partial charge in [0.25, 0.3) is 0 Å². The molecule has 0 radical (unpaired) electrons. The van der Waals surface area contributed by atoms with Crippen molar-refractivity contribution in [2.24, 2.45) is 0 Å². The standard InChI is InChI=1S/C22H29NO5/c1-23(2)11-6-12-28-18-8-5-7-16(13-18)14-19(22(24)25)17-9-10-20(26-3)21(15-17)27-4/h5,7-10,13,15,19H,6,11-12,14H2,1-4H3,(H,24,25). The minimum atomic E-state index is -0.885. The predicted molar refractivity (Wildman–Crippen MR) is 109 cm³/mol. The van der Waals surface area contributed by atoms with Crippen LogP contribution in [0.1, 0.15) is 23.5 Å². The molecule has 0 aliphatic rings. The van der Waals surface area contributed by atoms with Gasteiger partial charge in [-0.05, 0) is 62.3 Å². The van der Waals surface area contributed by atoms with Crippen molar-refractivity contribution in [3.63, 3.8) is 0 Å². The number of aliphatic carboxylic acids is 1. The molecule has 0 fully saturated rings. The maximum atomic E-state index is 11.9. The third-order valence-corrected chi connectivity index (χ3v) is 4.46. The molecular formula is C22H29NO5. The Labute approximate surface area is 166 Å². The van der Waals surface area contributed by atoms with Gasteiger partial charge < -0.3 is 24.2 Å². The Kier molecular flexibility index (Phi) is 8.14. The van der Waals surface area contributed by atoms with E-state index in [1.54, 1.807) is 25.3 Å². The molecule has 2 aromatic rings. The Bertz CT molecular complexity index is 775. The first-order chi connectivity index (χ1) is 13.4. The Hall–Kier alpha value is -2.73. The van der Waals surface area contributed by atoms with Crippen molar-refractivity contribution >= 4 is 5.97 Å². The summed E-state index contributed by atoms with van der Waals surface area (Å²) in [6, 6.07) is 12.8. The molecular weight excluding hydrogens is 358 g/mol. The van der Waals surface area contributed by atoms with Crippen molar-refractivity contribution in [2.45, 2.75) is 18.8 Å². The number of methoxy groups -OCH3 is 2. The highest BCUT2D eigenvalue weighted by Crippen LogP contribution is 2.32. The number of rotatable bonds is 11. The van der Waals surface area contributed by atoms with Crippen LogP contribution in [0, 0.1) is 0 Å². The van der Waals surface area contributed by atoms with Crippen molar-refractivity contribution in [1.29, 1.82) is 0 Å². The lowest BCUT2D eigenvalue weighted by Gasteiger charge is -2.16. The molecule has 1 unspecified atom stereocenters. The molecule has 0 aliphatic heterocycles. The monoisotopic (exact) mass is 387 g/mol. The molecule has 2 rings (SSSR count). The van der Waals surface area contributed by atoms with E-state index in [1.165, 1.54) is 7.11 Å². The fourth-order valence-electron chi connectivity index (χ4n) is 2.99. The van der Waals surface area contributed by atoms with E-state index in [0.29, 0.717) is 30.1 Å². The second-order valence-corrected chi connectivity index (χ2v) is 6.86. The molecule has 6 heteroatoms. The van der Waals surface area contributed by atoms with Crippen molar-refractivity contribution in [3.05, 3.63) is 53.6 Å². The number of hydrogen-bond acceptors (Lipinski definition) is 5. The summed E-state index contributed by atoms with van der Waals surface area (Å²) in [4.78, 5) is 14.0. The quantitative estimate of drug-likeness (QED) is 0.596. The summed E-state index contributed by atoms with van der Waals surface area (Å²) in [5, 5.41) is 9.76. The second kappa shape index (κ2) is 10.6. The summed E-state index contributed by atoms with van der Waals surface area (Å²) < 4.78 is 16.3. The molecule has 0 heterocycles. The topological polar surface area (TPSA) is 68.2 Å². The Morgan fingerprint density at radius 2 is 1.82 bits per heavy atom. The lowest BCUT2D eigenvalue weighted by molar-refractivity contribution is -0.138. The maximum absolute atomic E-state index is 11.9.